The molecular weight excluding hydrogens is 442 g/mol. The Morgan fingerprint density at radius 3 is 2.73 bits per heavy atom. The molecule has 0 aliphatic carbocycles. The van der Waals surface area contributed by atoms with Crippen LogP contribution in [0.5, 0.6) is 0 Å². The molecule has 1 amide bonds. The Morgan fingerprint density at radius 2 is 2.00 bits per heavy atom. The molecule has 0 radical (unpaired) electrons. The van der Waals surface area contributed by atoms with Crippen molar-refractivity contribution in [1.29, 1.82) is 0 Å². The number of carbonyl (C=O) groups is 1. The van der Waals surface area contributed by atoms with E-state index in [1.165, 1.54) is 12.1 Å². The summed E-state index contributed by atoms with van der Waals surface area (Å²) < 4.78 is 28.1. The van der Waals surface area contributed by atoms with Gasteiger partial charge in [-0.2, -0.15) is 0 Å². The molecule has 6 nitrogen and oxygen atoms in total. The van der Waals surface area contributed by atoms with Gasteiger partial charge in [0.05, 0.1) is 15.5 Å². The van der Waals surface area contributed by atoms with Gasteiger partial charge in [0.25, 0.3) is 15.9 Å². The molecule has 1 aliphatic heterocycles. The zero-order valence-electron chi connectivity index (χ0n) is 13.5. The first-order valence-electron chi connectivity index (χ1n) is 7.78. The molecule has 1 heterocycles. The maximum Gasteiger partial charge on any atom is 0.262 e. The van der Waals surface area contributed by atoms with Gasteiger partial charge in [0.2, 0.25) is 0 Å². The number of hydrogen-bond acceptors (Lipinski definition) is 4. The van der Waals surface area contributed by atoms with Gasteiger partial charge < -0.3 is 5.32 Å². The number of amidine groups is 1. The van der Waals surface area contributed by atoms with Crippen LogP contribution in [0, 0.1) is 0 Å². The van der Waals surface area contributed by atoms with Gasteiger partial charge in [0, 0.05) is 23.1 Å². The van der Waals surface area contributed by atoms with Crippen LogP contribution in [0.4, 0.5) is 5.69 Å². The Balaban J connectivity index is 1.81. The molecule has 0 bridgehead atoms. The first kappa shape index (κ1) is 18.9. The van der Waals surface area contributed by atoms with Crippen LogP contribution in [0.25, 0.3) is 0 Å². The number of sulfonamides is 1. The average molecular weight is 457 g/mol. The van der Waals surface area contributed by atoms with Crippen LogP contribution in [0.2, 0.25) is 5.02 Å². The van der Waals surface area contributed by atoms with Crippen LogP contribution >= 0.6 is 27.5 Å². The quantitative estimate of drug-likeness (QED) is 0.733. The summed E-state index contributed by atoms with van der Waals surface area (Å²) in [5.41, 5.74) is 0.634. The minimum absolute atomic E-state index is 0.0465. The molecule has 0 aromatic heterocycles. The van der Waals surface area contributed by atoms with Gasteiger partial charge in [-0.25, -0.2) is 8.42 Å². The Bertz CT molecular complexity index is 992. The normalized spacial score (nSPS) is 14.0. The van der Waals surface area contributed by atoms with Gasteiger partial charge in [-0.15, -0.1) is 0 Å². The number of amides is 1. The Kier molecular flexibility index (Phi) is 5.64. The summed E-state index contributed by atoms with van der Waals surface area (Å²) in [5.74, 6) is 0.0272. The van der Waals surface area contributed by atoms with Crippen LogP contribution in [0.1, 0.15) is 23.2 Å². The third-order valence-electron chi connectivity index (χ3n) is 3.70. The summed E-state index contributed by atoms with van der Waals surface area (Å²) >= 11 is 9.35. The van der Waals surface area contributed by atoms with Gasteiger partial charge in [-0.1, -0.05) is 33.6 Å². The molecule has 0 fully saturated rings. The molecular formula is C17H15BrClN3O3S. The van der Waals surface area contributed by atoms with E-state index in [-0.39, 0.29) is 10.5 Å². The van der Waals surface area contributed by atoms with Crippen molar-refractivity contribution >= 4 is 55.0 Å². The minimum Gasteiger partial charge on any atom is -0.322 e. The average Bonchev–Trinajstić information content (AvgIpc) is 3.09. The van der Waals surface area contributed by atoms with Crippen molar-refractivity contribution in [3.63, 3.8) is 0 Å². The van der Waals surface area contributed by atoms with Crippen molar-refractivity contribution < 1.29 is 13.2 Å². The van der Waals surface area contributed by atoms with E-state index in [2.05, 4.69) is 31.0 Å². The summed E-state index contributed by atoms with van der Waals surface area (Å²) in [4.78, 5) is 16.6. The number of aliphatic imine (C=N–C) groups is 1. The van der Waals surface area contributed by atoms with E-state index in [1.54, 1.807) is 30.3 Å². The van der Waals surface area contributed by atoms with E-state index in [0.29, 0.717) is 34.0 Å². The minimum atomic E-state index is -3.75. The van der Waals surface area contributed by atoms with Crippen LogP contribution < -0.4 is 10.0 Å². The standard InChI is InChI=1S/C17H15BrClN3O3S/c18-11-6-7-15(19)14(9-11)17(23)21-12-3-1-4-13(10-12)26(24,25)22-16-5-2-8-20-16/h1,3-4,6-7,9-10H,2,5,8H2,(H,20,22)(H,21,23). The van der Waals surface area contributed by atoms with Crippen LogP contribution in [0.15, 0.2) is 56.8 Å². The first-order valence-corrected chi connectivity index (χ1v) is 10.4. The third kappa shape index (κ3) is 4.44. The molecule has 0 unspecified atom stereocenters. The second-order valence-electron chi connectivity index (χ2n) is 5.64. The molecule has 26 heavy (non-hydrogen) atoms. The molecule has 9 heteroatoms. The fourth-order valence-corrected chi connectivity index (χ4v) is 4.15. The van der Waals surface area contributed by atoms with Crippen molar-refractivity contribution in [3.05, 3.63) is 57.5 Å². The number of anilines is 1. The van der Waals surface area contributed by atoms with Gasteiger partial charge in [0.15, 0.2) is 0 Å². The molecule has 136 valence electrons. The van der Waals surface area contributed by atoms with Crippen molar-refractivity contribution in [2.75, 3.05) is 11.9 Å². The molecule has 0 saturated carbocycles. The number of hydrogen-bond donors (Lipinski definition) is 2. The summed E-state index contributed by atoms with van der Waals surface area (Å²) in [5, 5.41) is 2.97. The Hall–Kier alpha value is -1.90. The van der Waals surface area contributed by atoms with E-state index in [0.717, 1.165) is 6.42 Å². The van der Waals surface area contributed by atoms with E-state index in [4.69, 9.17) is 11.6 Å². The maximum absolute atomic E-state index is 12.5. The van der Waals surface area contributed by atoms with Gasteiger partial charge in [-0.3, -0.25) is 14.5 Å². The van der Waals surface area contributed by atoms with Gasteiger partial charge >= 0.3 is 0 Å². The zero-order valence-corrected chi connectivity index (χ0v) is 16.7. The molecule has 0 saturated heterocycles. The third-order valence-corrected chi connectivity index (χ3v) is 5.90. The fraction of sp³-hybridized carbons (Fsp3) is 0.176. The fourth-order valence-electron chi connectivity index (χ4n) is 2.45. The first-order chi connectivity index (χ1) is 12.3. The molecule has 3 rings (SSSR count). The van der Waals surface area contributed by atoms with Crippen LogP contribution in [-0.4, -0.2) is 26.7 Å². The van der Waals surface area contributed by atoms with E-state index in [9.17, 15) is 13.2 Å². The topological polar surface area (TPSA) is 87.6 Å². The summed E-state index contributed by atoms with van der Waals surface area (Å²) in [6, 6.07) is 10.9. The van der Waals surface area contributed by atoms with Crippen molar-refractivity contribution in [1.82, 2.24) is 4.72 Å². The molecule has 2 N–H and O–H groups in total. The SMILES string of the molecule is O=C(Nc1cccc(S(=O)(=O)NC2=NCCC2)c1)c1cc(Br)ccc1Cl. The largest absolute Gasteiger partial charge is 0.322 e. The predicted molar refractivity (Wildman–Crippen MR) is 105 cm³/mol. The number of nitrogens with zero attached hydrogens (tertiary/aromatic N) is 1. The molecule has 1 aliphatic rings. The highest BCUT2D eigenvalue weighted by Gasteiger charge is 2.19. The molecule has 2 aromatic carbocycles. The second-order valence-corrected chi connectivity index (χ2v) is 8.65. The lowest BCUT2D eigenvalue weighted by molar-refractivity contribution is 0.102. The van der Waals surface area contributed by atoms with Crippen molar-refractivity contribution in [2.24, 2.45) is 4.99 Å². The van der Waals surface area contributed by atoms with E-state index in [1.807, 2.05) is 0 Å². The van der Waals surface area contributed by atoms with E-state index >= 15 is 0 Å². The number of nitrogens with one attached hydrogen (secondary N) is 2. The summed E-state index contributed by atoms with van der Waals surface area (Å²) in [6.07, 6.45) is 1.44. The van der Waals surface area contributed by atoms with Crippen LogP contribution in [-0.2, 0) is 10.0 Å². The number of rotatable bonds is 4. The molecule has 0 spiro atoms. The molecule has 2 aromatic rings. The number of halogens is 2. The highest BCUT2D eigenvalue weighted by molar-refractivity contribution is 9.10. The number of carbonyl (C=O) groups excluding carboxylic acids is 1. The highest BCUT2D eigenvalue weighted by atomic mass is 79.9. The second kappa shape index (κ2) is 7.77. The number of benzene rings is 2. The van der Waals surface area contributed by atoms with Crippen LogP contribution in [0.3, 0.4) is 0 Å². The lowest BCUT2D eigenvalue weighted by Gasteiger charge is -2.11. The molecule has 0 atom stereocenters. The summed E-state index contributed by atoms with van der Waals surface area (Å²) in [6.45, 7) is 0.626. The lowest BCUT2D eigenvalue weighted by Crippen LogP contribution is -2.29. The maximum atomic E-state index is 12.5. The van der Waals surface area contributed by atoms with Gasteiger partial charge in [0.1, 0.15) is 5.84 Å². The zero-order chi connectivity index (χ0) is 18.7. The highest BCUT2D eigenvalue weighted by Crippen LogP contribution is 2.23. The smallest absolute Gasteiger partial charge is 0.262 e. The van der Waals surface area contributed by atoms with Gasteiger partial charge in [-0.05, 0) is 42.8 Å². The Labute approximate surface area is 164 Å². The predicted octanol–water partition coefficient (Wildman–Crippen LogP) is 3.83. The monoisotopic (exact) mass is 455 g/mol. The van der Waals surface area contributed by atoms with Crippen molar-refractivity contribution in [2.45, 2.75) is 17.7 Å². The Morgan fingerprint density at radius 1 is 1.19 bits per heavy atom. The lowest BCUT2D eigenvalue weighted by atomic mass is 10.2. The van der Waals surface area contributed by atoms with Crippen molar-refractivity contribution in [3.8, 4) is 0 Å². The van der Waals surface area contributed by atoms with E-state index < -0.39 is 15.9 Å². The summed E-state index contributed by atoms with van der Waals surface area (Å²) in [7, 11) is -3.75.